The first-order valence-corrected chi connectivity index (χ1v) is 10.1. The molecule has 4 rings (SSSR count). The van der Waals surface area contributed by atoms with Gasteiger partial charge < -0.3 is 10.1 Å². The highest BCUT2D eigenvalue weighted by molar-refractivity contribution is 5.92. The van der Waals surface area contributed by atoms with Crippen LogP contribution in [0.5, 0.6) is 5.75 Å². The van der Waals surface area contributed by atoms with Crippen LogP contribution in [0.25, 0.3) is 22.0 Å². The van der Waals surface area contributed by atoms with Crippen molar-refractivity contribution in [1.29, 1.82) is 0 Å². The first-order valence-electron chi connectivity index (χ1n) is 10.1. The van der Waals surface area contributed by atoms with Gasteiger partial charge in [0.25, 0.3) is 0 Å². The van der Waals surface area contributed by atoms with Gasteiger partial charge in [0.15, 0.2) is 0 Å². The zero-order valence-corrected chi connectivity index (χ0v) is 18.0. The number of rotatable bonds is 4. The van der Waals surface area contributed by atoms with E-state index in [4.69, 9.17) is 4.74 Å². The number of benzene rings is 1. The quantitative estimate of drug-likeness (QED) is 0.735. The Bertz CT molecular complexity index is 1070. The maximum atomic E-state index is 11.6. The van der Waals surface area contributed by atoms with E-state index in [1.165, 1.54) is 0 Å². The average Bonchev–Trinajstić information content (AvgIpc) is 3.34. The monoisotopic (exact) mass is 395 g/mol. The summed E-state index contributed by atoms with van der Waals surface area (Å²) in [6, 6.07) is 4.16. The van der Waals surface area contributed by atoms with Crippen LogP contribution in [0, 0.1) is 12.8 Å². The summed E-state index contributed by atoms with van der Waals surface area (Å²) in [5.41, 5.74) is 3.92. The van der Waals surface area contributed by atoms with Gasteiger partial charge in [0.1, 0.15) is 11.9 Å². The topological polar surface area (TPSA) is 74.0 Å². The second-order valence-electron chi connectivity index (χ2n) is 9.01. The molecule has 1 aliphatic rings. The van der Waals surface area contributed by atoms with Crippen molar-refractivity contribution >= 4 is 16.8 Å². The van der Waals surface area contributed by atoms with Gasteiger partial charge in [-0.25, -0.2) is 0 Å². The van der Waals surface area contributed by atoms with E-state index in [2.05, 4.69) is 54.6 Å². The van der Waals surface area contributed by atoms with Gasteiger partial charge in [0.2, 0.25) is 5.91 Å². The zero-order chi connectivity index (χ0) is 20.9. The number of amides is 1. The van der Waals surface area contributed by atoms with Crippen molar-refractivity contribution in [2.24, 2.45) is 13.0 Å². The second-order valence-corrected chi connectivity index (χ2v) is 9.01. The molecule has 1 amide bonds. The lowest BCUT2D eigenvalue weighted by Gasteiger charge is -2.21. The normalized spacial score (nSPS) is 18.3. The molecule has 2 atom stereocenters. The Morgan fingerprint density at radius 3 is 2.66 bits per heavy atom. The predicted octanol–water partition coefficient (Wildman–Crippen LogP) is 3.40. The fraction of sp³-hybridized carbons (Fsp3) is 0.500. The summed E-state index contributed by atoms with van der Waals surface area (Å²) in [6.45, 7) is 11.1. The molecule has 0 bridgehead atoms. The minimum Gasteiger partial charge on any atom is -0.490 e. The summed E-state index contributed by atoms with van der Waals surface area (Å²) >= 11 is 0. The number of hydrogen-bond acceptors (Lipinski definition) is 4. The van der Waals surface area contributed by atoms with Gasteiger partial charge >= 0.3 is 0 Å². The van der Waals surface area contributed by atoms with E-state index in [9.17, 15) is 4.79 Å². The van der Waals surface area contributed by atoms with Crippen molar-refractivity contribution in [1.82, 2.24) is 24.9 Å². The lowest BCUT2D eigenvalue weighted by molar-refractivity contribution is -0.119. The molecule has 1 aliphatic heterocycles. The summed E-state index contributed by atoms with van der Waals surface area (Å²) in [5.74, 6) is 1.07. The Hall–Kier alpha value is -2.83. The molecule has 7 nitrogen and oxygen atoms in total. The Morgan fingerprint density at radius 1 is 1.28 bits per heavy atom. The molecular weight excluding hydrogens is 366 g/mol. The van der Waals surface area contributed by atoms with E-state index in [1.54, 1.807) is 0 Å². The molecule has 1 fully saturated rings. The van der Waals surface area contributed by atoms with Crippen LogP contribution < -0.4 is 10.1 Å². The summed E-state index contributed by atoms with van der Waals surface area (Å²) < 4.78 is 10.3. The minimum atomic E-state index is -0.0835. The van der Waals surface area contributed by atoms with Crippen LogP contribution >= 0.6 is 0 Å². The third-order valence-corrected chi connectivity index (χ3v) is 5.78. The number of ether oxygens (including phenoxy) is 1. The SMILES string of the molecule is Cc1c2c(O[C@H](C)C3CNC(=O)C3)cc(-c3cnn(C(C)(C)C)c3)cc2nn1C. The molecule has 0 spiro atoms. The predicted molar refractivity (Wildman–Crippen MR) is 113 cm³/mol. The van der Waals surface area contributed by atoms with Gasteiger partial charge in [-0.15, -0.1) is 0 Å². The maximum absolute atomic E-state index is 11.6. The molecule has 0 saturated carbocycles. The van der Waals surface area contributed by atoms with E-state index in [-0.39, 0.29) is 23.5 Å². The molecule has 29 heavy (non-hydrogen) atoms. The van der Waals surface area contributed by atoms with Crippen LogP contribution in [-0.4, -0.2) is 38.1 Å². The lowest BCUT2D eigenvalue weighted by atomic mass is 10.0. The third-order valence-electron chi connectivity index (χ3n) is 5.78. The molecule has 7 heteroatoms. The Labute approximate surface area is 171 Å². The zero-order valence-electron chi connectivity index (χ0n) is 18.0. The number of aromatic nitrogens is 4. The molecule has 3 heterocycles. The molecule has 3 aromatic rings. The van der Waals surface area contributed by atoms with E-state index >= 15 is 0 Å². The highest BCUT2D eigenvalue weighted by atomic mass is 16.5. The first-order chi connectivity index (χ1) is 13.6. The smallest absolute Gasteiger partial charge is 0.220 e. The van der Waals surface area contributed by atoms with Gasteiger partial charge in [-0.05, 0) is 52.3 Å². The van der Waals surface area contributed by atoms with E-state index < -0.39 is 0 Å². The van der Waals surface area contributed by atoms with Crippen LogP contribution in [0.2, 0.25) is 0 Å². The van der Waals surface area contributed by atoms with Gasteiger partial charge in [0.05, 0.1) is 22.6 Å². The minimum absolute atomic E-state index is 0.0793. The van der Waals surface area contributed by atoms with Crippen LogP contribution in [0.3, 0.4) is 0 Å². The Morgan fingerprint density at radius 2 is 2.03 bits per heavy atom. The third kappa shape index (κ3) is 3.61. The van der Waals surface area contributed by atoms with Crippen molar-refractivity contribution < 1.29 is 9.53 Å². The molecule has 1 saturated heterocycles. The highest BCUT2D eigenvalue weighted by Gasteiger charge is 2.29. The number of fused-ring (bicyclic) bond motifs is 1. The maximum Gasteiger partial charge on any atom is 0.220 e. The van der Waals surface area contributed by atoms with E-state index in [0.717, 1.165) is 33.5 Å². The molecule has 1 unspecified atom stereocenters. The van der Waals surface area contributed by atoms with Crippen molar-refractivity contribution in [3.05, 3.63) is 30.2 Å². The summed E-state index contributed by atoms with van der Waals surface area (Å²) in [6.07, 6.45) is 4.37. The number of aryl methyl sites for hydroxylation is 2. The van der Waals surface area contributed by atoms with Gasteiger partial charge in [0, 0.05) is 43.4 Å². The fourth-order valence-corrected chi connectivity index (χ4v) is 3.80. The molecule has 1 aromatic carbocycles. The molecular formula is C22H29N5O2. The van der Waals surface area contributed by atoms with E-state index in [0.29, 0.717) is 13.0 Å². The number of carbonyl (C=O) groups is 1. The summed E-state index contributed by atoms with van der Waals surface area (Å²) in [5, 5.41) is 13.1. The average molecular weight is 396 g/mol. The number of carbonyl (C=O) groups excluding carboxylic acids is 1. The summed E-state index contributed by atoms with van der Waals surface area (Å²) in [4.78, 5) is 11.6. The van der Waals surface area contributed by atoms with Crippen LogP contribution in [0.1, 0.15) is 39.8 Å². The molecule has 0 radical (unpaired) electrons. The van der Waals surface area contributed by atoms with Crippen LogP contribution in [-0.2, 0) is 17.4 Å². The lowest BCUT2D eigenvalue weighted by Crippen LogP contribution is -2.25. The van der Waals surface area contributed by atoms with Crippen molar-refractivity contribution in [3.63, 3.8) is 0 Å². The Kier molecular flexibility index (Phi) is 4.63. The van der Waals surface area contributed by atoms with E-state index in [1.807, 2.05) is 36.5 Å². The Balaban J connectivity index is 1.75. The highest BCUT2D eigenvalue weighted by Crippen LogP contribution is 2.36. The molecule has 1 N–H and O–H groups in total. The second kappa shape index (κ2) is 6.90. The standard InChI is InChI=1S/C22H29N5O2/c1-13-21-18(25-26(13)6)7-15(17-11-24-27(12-17)22(3,4)5)8-19(21)29-14(2)16-9-20(28)23-10-16/h7-8,11-12,14,16H,9-10H2,1-6H3,(H,23,28)/t14-,16?/m1/s1. The fourth-order valence-electron chi connectivity index (χ4n) is 3.80. The van der Waals surface area contributed by atoms with Gasteiger partial charge in [-0.2, -0.15) is 10.2 Å². The van der Waals surface area contributed by atoms with Crippen molar-refractivity contribution in [2.45, 2.75) is 52.7 Å². The number of nitrogens with zero attached hydrogens (tertiary/aromatic N) is 4. The van der Waals surface area contributed by atoms with Crippen LogP contribution in [0.15, 0.2) is 24.5 Å². The largest absolute Gasteiger partial charge is 0.490 e. The molecule has 154 valence electrons. The molecule has 0 aliphatic carbocycles. The number of nitrogens with one attached hydrogen (secondary N) is 1. The first kappa shape index (κ1) is 19.5. The summed E-state index contributed by atoms with van der Waals surface area (Å²) in [7, 11) is 1.94. The molecule has 2 aromatic heterocycles. The number of hydrogen-bond donors (Lipinski definition) is 1. The van der Waals surface area contributed by atoms with Crippen molar-refractivity contribution in [2.75, 3.05) is 6.54 Å². The van der Waals surface area contributed by atoms with Crippen LogP contribution in [0.4, 0.5) is 0 Å². The van der Waals surface area contributed by atoms with Gasteiger partial charge in [-0.3, -0.25) is 14.2 Å². The van der Waals surface area contributed by atoms with Crippen molar-refractivity contribution in [3.8, 4) is 16.9 Å². The van der Waals surface area contributed by atoms with Gasteiger partial charge in [-0.1, -0.05) is 0 Å².